The molecule has 0 amide bonds. The predicted molar refractivity (Wildman–Crippen MR) is 29.6 cm³/mol. The van der Waals surface area contributed by atoms with Gasteiger partial charge in [0, 0.05) is 0 Å². The first-order chi connectivity index (χ1) is 3.18. The number of rotatable bonds is 1. The summed E-state index contributed by atoms with van der Waals surface area (Å²) in [7, 11) is -2.42. The van der Waals surface area contributed by atoms with Gasteiger partial charge in [-0.1, -0.05) is 11.6 Å². The molecule has 0 rings (SSSR count). The van der Waals surface area contributed by atoms with Crippen molar-refractivity contribution >= 4 is 31.2 Å². The molecule has 2 nitrogen and oxygen atoms in total. The molecule has 0 radical (unpaired) electrons. The van der Waals surface area contributed by atoms with Gasteiger partial charge >= 0.3 is 12.8 Å². The molecule has 1 N–H and O–H groups in total. The molecule has 0 saturated heterocycles. The average molecular weight is 160 g/mol. The van der Waals surface area contributed by atoms with Crippen molar-refractivity contribution in [1.29, 1.82) is 0 Å². The van der Waals surface area contributed by atoms with Gasteiger partial charge in [0.05, 0.1) is 5.54 Å². The molecule has 7 heavy (non-hydrogen) atoms. The Morgan fingerprint density at radius 2 is 2.29 bits per heavy atom. The third-order valence-electron chi connectivity index (χ3n) is 0.273. The summed E-state index contributed by atoms with van der Waals surface area (Å²) < 4.78 is 9.57. The second-order valence-electron chi connectivity index (χ2n) is 0.705. The Balaban J connectivity index is 3.82. The third kappa shape index (κ3) is 3.01. The van der Waals surface area contributed by atoms with Crippen LogP contribution in [-0.2, 0) is 4.57 Å². The van der Waals surface area contributed by atoms with Crippen LogP contribution < -0.4 is 0 Å². The summed E-state index contributed by atoms with van der Waals surface area (Å²) in [6.45, 7) is 0. The third-order valence-corrected chi connectivity index (χ3v) is 1.79. The van der Waals surface area contributed by atoms with Crippen molar-refractivity contribution in [2.45, 2.75) is 0 Å². The van der Waals surface area contributed by atoms with Crippen molar-refractivity contribution in [3.05, 3.63) is 10.3 Å². The lowest BCUT2D eigenvalue weighted by Crippen LogP contribution is -1.52. The first kappa shape index (κ1) is 7.38. The Bertz CT molecular complexity index is 110. The van der Waals surface area contributed by atoms with Crippen LogP contribution in [0, 0.1) is 0 Å². The number of hydrogen-bond donors (Lipinski definition) is 1. The molecule has 0 aliphatic carbocycles. The fourth-order valence-electron chi connectivity index (χ4n) is 0.0417. The van der Waals surface area contributed by atoms with Crippen molar-refractivity contribution in [1.82, 2.24) is 0 Å². The van der Waals surface area contributed by atoms with Gasteiger partial charge in [-0.2, -0.15) is 4.89 Å². The van der Waals surface area contributed by atoms with Gasteiger partial charge in [0.1, 0.15) is 0 Å². The van der Waals surface area contributed by atoms with Crippen LogP contribution in [0.2, 0.25) is 0 Å². The van der Waals surface area contributed by atoms with Crippen LogP contribution in [0.25, 0.3) is 0 Å². The zero-order valence-corrected chi connectivity index (χ0v) is 5.54. The topological polar surface area (TPSA) is 37.3 Å². The summed E-state index contributed by atoms with van der Waals surface area (Å²) >= 11 is 9.90. The molecule has 1 atom stereocenters. The van der Waals surface area contributed by atoms with Gasteiger partial charge in [0.2, 0.25) is 0 Å². The quantitative estimate of drug-likeness (QED) is 0.595. The van der Waals surface area contributed by atoms with Gasteiger partial charge in [-0.3, -0.25) is 0 Å². The van der Waals surface area contributed by atoms with E-state index in [9.17, 15) is 4.57 Å². The zero-order chi connectivity index (χ0) is 5.86. The summed E-state index contributed by atoms with van der Waals surface area (Å²) in [6, 6.07) is 0. The van der Waals surface area contributed by atoms with Crippen LogP contribution in [0.4, 0.5) is 0 Å². The Hall–Kier alpha value is 0.380. The van der Waals surface area contributed by atoms with Crippen LogP contribution in [0.5, 0.6) is 0 Å². The minimum absolute atomic E-state index is 0.225. The summed E-state index contributed by atoms with van der Waals surface area (Å²) in [5.74, 6) is 0. The van der Waals surface area contributed by atoms with E-state index < -0.39 is 8.03 Å². The van der Waals surface area contributed by atoms with Gasteiger partial charge in [0.15, 0.2) is 0 Å². The molecule has 0 fully saturated rings. The molecule has 0 aliphatic heterocycles. The van der Waals surface area contributed by atoms with Gasteiger partial charge in [-0.05, 0) is 16.2 Å². The molecule has 0 saturated carbocycles. The van der Waals surface area contributed by atoms with Gasteiger partial charge in [0.25, 0.3) is 0 Å². The monoisotopic (exact) mass is 159 g/mol. The van der Waals surface area contributed by atoms with E-state index in [0.29, 0.717) is 0 Å². The zero-order valence-electron chi connectivity index (χ0n) is 3.14. The van der Waals surface area contributed by atoms with Crippen LogP contribution in [0.1, 0.15) is 0 Å². The van der Waals surface area contributed by atoms with E-state index in [1.807, 2.05) is 0 Å². The SMILES string of the molecule is O=[P+](O)C(Cl)=CCl. The van der Waals surface area contributed by atoms with Crippen LogP contribution in [-0.4, -0.2) is 4.89 Å². The molecule has 0 aliphatic rings. The minimum Gasteiger partial charge on any atom is -0.155 e. The molecular weight excluding hydrogens is 158 g/mol. The van der Waals surface area contributed by atoms with E-state index in [-0.39, 0.29) is 4.77 Å². The van der Waals surface area contributed by atoms with Crippen molar-refractivity contribution in [2.24, 2.45) is 0 Å². The van der Waals surface area contributed by atoms with Crippen molar-refractivity contribution < 1.29 is 9.46 Å². The Morgan fingerprint density at radius 3 is 2.29 bits per heavy atom. The standard InChI is InChI=1S/C2HCl2O2P/c3-1-2(4)7(5)6/h1H/p+1. The first-order valence-electron chi connectivity index (χ1n) is 1.30. The molecule has 0 aromatic carbocycles. The highest BCUT2D eigenvalue weighted by molar-refractivity contribution is 7.46. The molecule has 0 aromatic heterocycles. The average Bonchev–Trinajstić information content (AvgIpc) is 1.65. The fraction of sp³-hybridized carbons (Fsp3) is 0. The molecule has 40 valence electrons. The Morgan fingerprint density at radius 1 is 1.86 bits per heavy atom. The maximum atomic E-state index is 9.79. The fourth-order valence-corrected chi connectivity index (χ4v) is 0.376. The number of hydrogen-bond acceptors (Lipinski definition) is 1. The molecule has 0 aromatic rings. The summed E-state index contributed by atoms with van der Waals surface area (Å²) in [4.78, 5) is 8.05. The summed E-state index contributed by atoms with van der Waals surface area (Å²) in [5, 5.41) is 0. The van der Waals surface area contributed by atoms with Crippen LogP contribution in [0.3, 0.4) is 0 Å². The van der Waals surface area contributed by atoms with E-state index in [0.717, 1.165) is 5.54 Å². The lowest BCUT2D eigenvalue weighted by Gasteiger charge is -1.63. The smallest absolute Gasteiger partial charge is 0.155 e. The highest BCUT2D eigenvalue weighted by atomic mass is 35.5. The predicted octanol–water partition coefficient (Wildman–Crippen LogP) is 2.00. The highest BCUT2D eigenvalue weighted by Gasteiger charge is 2.15. The van der Waals surface area contributed by atoms with Crippen molar-refractivity contribution in [2.75, 3.05) is 0 Å². The van der Waals surface area contributed by atoms with Gasteiger partial charge < -0.3 is 0 Å². The summed E-state index contributed by atoms with van der Waals surface area (Å²) in [5.41, 5.74) is 0.861. The van der Waals surface area contributed by atoms with E-state index in [1.165, 1.54) is 0 Å². The van der Waals surface area contributed by atoms with Crippen LogP contribution >= 0.6 is 31.2 Å². The maximum Gasteiger partial charge on any atom is 0.559 e. The van der Waals surface area contributed by atoms with E-state index in [1.54, 1.807) is 0 Å². The first-order valence-corrected chi connectivity index (χ1v) is 3.33. The van der Waals surface area contributed by atoms with Crippen molar-refractivity contribution in [3.63, 3.8) is 0 Å². The second-order valence-corrected chi connectivity index (χ2v) is 2.62. The lowest BCUT2D eigenvalue weighted by molar-refractivity contribution is 0.511. The molecule has 1 unspecified atom stereocenters. The summed E-state index contributed by atoms with van der Waals surface area (Å²) in [6.07, 6.45) is 0. The molecule has 0 spiro atoms. The van der Waals surface area contributed by atoms with Crippen molar-refractivity contribution in [3.8, 4) is 0 Å². The Kier molecular flexibility index (Phi) is 3.57. The Labute approximate surface area is 51.6 Å². The van der Waals surface area contributed by atoms with Crippen LogP contribution in [0.15, 0.2) is 10.3 Å². The van der Waals surface area contributed by atoms with Gasteiger partial charge in [-0.25, -0.2) is 0 Å². The molecular formula is C2H2Cl2O2P+. The molecule has 0 heterocycles. The lowest BCUT2D eigenvalue weighted by atomic mass is 11.2. The number of halogens is 2. The maximum absolute atomic E-state index is 9.79. The van der Waals surface area contributed by atoms with E-state index in [2.05, 4.69) is 0 Å². The normalized spacial score (nSPS) is 14.1. The second kappa shape index (κ2) is 3.39. The largest absolute Gasteiger partial charge is 0.559 e. The van der Waals surface area contributed by atoms with E-state index in [4.69, 9.17) is 28.1 Å². The van der Waals surface area contributed by atoms with Gasteiger partial charge in [-0.15, -0.1) is 0 Å². The van der Waals surface area contributed by atoms with E-state index >= 15 is 0 Å². The minimum atomic E-state index is -2.42. The molecule has 0 bridgehead atoms. The molecule has 5 heteroatoms. The highest BCUT2D eigenvalue weighted by Crippen LogP contribution is 2.30.